The maximum absolute atomic E-state index is 3.65. The van der Waals surface area contributed by atoms with Crippen LogP contribution in [0.5, 0.6) is 0 Å². The minimum atomic E-state index is 0.362. The van der Waals surface area contributed by atoms with Crippen LogP contribution < -0.4 is 5.32 Å². The molecule has 0 aliphatic rings. The lowest BCUT2D eigenvalue weighted by Crippen LogP contribution is -2.22. The number of aryl methyl sites for hydroxylation is 1. The van der Waals surface area contributed by atoms with Gasteiger partial charge in [-0.05, 0) is 37.0 Å². The smallest absolute Gasteiger partial charge is 0.0297 e. The quantitative estimate of drug-likeness (QED) is 0.817. The third-order valence-electron chi connectivity index (χ3n) is 3.69. The lowest BCUT2D eigenvalue weighted by atomic mass is 10.0. The van der Waals surface area contributed by atoms with Crippen molar-refractivity contribution in [1.82, 2.24) is 5.32 Å². The Balaban J connectivity index is 2.02. The highest BCUT2D eigenvalue weighted by atomic mass is 14.9. The maximum atomic E-state index is 3.65. The third kappa shape index (κ3) is 3.68. The van der Waals surface area contributed by atoms with Crippen molar-refractivity contribution >= 4 is 0 Å². The van der Waals surface area contributed by atoms with Gasteiger partial charge in [0.25, 0.3) is 0 Å². The van der Waals surface area contributed by atoms with Gasteiger partial charge in [-0.1, -0.05) is 61.5 Å². The summed E-state index contributed by atoms with van der Waals surface area (Å²) in [6.07, 6.45) is 1.10. The zero-order valence-electron chi connectivity index (χ0n) is 12.1. The highest BCUT2D eigenvalue weighted by molar-refractivity contribution is 5.25. The van der Waals surface area contributed by atoms with E-state index in [4.69, 9.17) is 0 Å². The van der Waals surface area contributed by atoms with Crippen LogP contribution in [0.15, 0.2) is 54.6 Å². The first-order valence-corrected chi connectivity index (χ1v) is 7.10. The molecule has 100 valence electrons. The Morgan fingerprint density at radius 2 is 1.32 bits per heavy atom. The Morgan fingerprint density at radius 1 is 0.789 bits per heavy atom. The number of hydrogen-bond donors (Lipinski definition) is 1. The highest BCUT2D eigenvalue weighted by Gasteiger charge is 2.10. The Kier molecular flexibility index (Phi) is 4.75. The molecule has 0 spiro atoms. The average Bonchev–Trinajstić information content (AvgIpc) is 2.48. The fraction of sp³-hybridized carbons (Fsp3) is 0.333. The van der Waals surface area contributed by atoms with Crippen molar-refractivity contribution in [3.63, 3.8) is 0 Å². The van der Waals surface area contributed by atoms with E-state index in [0.717, 1.165) is 6.42 Å². The SMILES string of the molecule is CCc1ccc(C(C)N[C@H](C)c2ccccc2)cc1. The van der Waals surface area contributed by atoms with E-state index < -0.39 is 0 Å². The second-order valence-corrected chi connectivity index (χ2v) is 5.12. The van der Waals surface area contributed by atoms with Crippen LogP contribution >= 0.6 is 0 Å². The minimum Gasteiger partial charge on any atom is -0.304 e. The molecule has 2 rings (SSSR count). The second kappa shape index (κ2) is 6.53. The van der Waals surface area contributed by atoms with Crippen molar-refractivity contribution in [3.8, 4) is 0 Å². The van der Waals surface area contributed by atoms with Gasteiger partial charge in [0, 0.05) is 12.1 Å². The normalized spacial score (nSPS) is 14.1. The van der Waals surface area contributed by atoms with E-state index in [1.807, 2.05) is 0 Å². The number of nitrogens with one attached hydrogen (secondary N) is 1. The molecule has 0 heterocycles. The van der Waals surface area contributed by atoms with Gasteiger partial charge in [0.15, 0.2) is 0 Å². The topological polar surface area (TPSA) is 12.0 Å². The summed E-state index contributed by atoms with van der Waals surface area (Å²) in [5.41, 5.74) is 4.08. The molecule has 1 nitrogen and oxygen atoms in total. The molecule has 0 aliphatic carbocycles. The molecule has 0 radical (unpaired) electrons. The van der Waals surface area contributed by atoms with Crippen LogP contribution in [0.25, 0.3) is 0 Å². The van der Waals surface area contributed by atoms with Gasteiger partial charge in [-0.2, -0.15) is 0 Å². The number of rotatable bonds is 5. The molecule has 0 amide bonds. The van der Waals surface area contributed by atoms with Crippen LogP contribution in [0.2, 0.25) is 0 Å². The molecule has 0 fully saturated rings. The summed E-state index contributed by atoms with van der Waals surface area (Å²) in [7, 11) is 0. The van der Waals surface area contributed by atoms with E-state index in [9.17, 15) is 0 Å². The van der Waals surface area contributed by atoms with Crippen molar-refractivity contribution in [1.29, 1.82) is 0 Å². The van der Waals surface area contributed by atoms with Gasteiger partial charge in [0.2, 0.25) is 0 Å². The van der Waals surface area contributed by atoms with Crippen LogP contribution in [0, 0.1) is 0 Å². The van der Waals surface area contributed by atoms with Gasteiger partial charge in [0.1, 0.15) is 0 Å². The van der Waals surface area contributed by atoms with Gasteiger partial charge >= 0.3 is 0 Å². The van der Waals surface area contributed by atoms with E-state index in [1.165, 1.54) is 16.7 Å². The van der Waals surface area contributed by atoms with E-state index in [1.54, 1.807) is 0 Å². The van der Waals surface area contributed by atoms with Gasteiger partial charge in [-0.25, -0.2) is 0 Å². The summed E-state index contributed by atoms with van der Waals surface area (Å²) >= 11 is 0. The van der Waals surface area contributed by atoms with Gasteiger partial charge < -0.3 is 5.32 Å². The lowest BCUT2D eigenvalue weighted by Gasteiger charge is -2.21. The highest BCUT2D eigenvalue weighted by Crippen LogP contribution is 2.19. The van der Waals surface area contributed by atoms with Gasteiger partial charge in [0.05, 0.1) is 0 Å². The Morgan fingerprint density at radius 3 is 1.84 bits per heavy atom. The Bertz CT molecular complexity index is 487. The van der Waals surface area contributed by atoms with E-state index in [-0.39, 0.29) is 0 Å². The van der Waals surface area contributed by atoms with Crippen LogP contribution in [-0.2, 0) is 6.42 Å². The van der Waals surface area contributed by atoms with Crippen LogP contribution in [0.3, 0.4) is 0 Å². The first kappa shape index (κ1) is 13.8. The molecular formula is C18H23N. The minimum absolute atomic E-state index is 0.362. The van der Waals surface area contributed by atoms with Crippen molar-refractivity contribution in [2.45, 2.75) is 39.3 Å². The predicted octanol–water partition coefficient (Wildman–Crippen LogP) is 4.66. The standard InChI is InChI=1S/C18H23N/c1-4-16-10-12-18(13-11-16)15(3)19-14(2)17-8-6-5-7-9-17/h5-15,19H,4H2,1-3H3/t14-,15?/m1/s1. The van der Waals surface area contributed by atoms with Crippen molar-refractivity contribution in [2.24, 2.45) is 0 Å². The third-order valence-corrected chi connectivity index (χ3v) is 3.69. The van der Waals surface area contributed by atoms with E-state index in [2.05, 4.69) is 80.7 Å². The molecule has 0 aliphatic heterocycles. The summed E-state index contributed by atoms with van der Waals surface area (Å²) in [4.78, 5) is 0. The number of hydrogen-bond acceptors (Lipinski definition) is 1. The molecule has 1 N–H and O–H groups in total. The maximum Gasteiger partial charge on any atom is 0.0297 e. The summed E-state index contributed by atoms with van der Waals surface area (Å²) in [6, 6.07) is 20.2. The van der Waals surface area contributed by atoms with Crippen LogP contribution in [-0.4, -0.2) is 0 Å². The summed E-state index contributed by atoms with van der Waals surface area (Å²) in [6.45, 7) is 6.63. The molecule has 0 aromatic heterocycles. The predicted molar refractivity (Wildman–Crippen MR) is 82.2 cm³/mol. The fourth-order valence-corrected chi connectivity index (χ4v) is 2.35. The second-order valence-electron chi connectivity index (χ2n) is 5.12. The monoisotopic (exact) mass is 253 g/mol. The summed E-state index contributed by atoms with van der Waals surface area (Å²) in [5.74, 6) is 0. The lowest BCUT2D eigenvalue weighted by molar-refractivity contribution is 0.494. The summed E-state index contributed by atoms with van der Waals surface area (Å²) < 4.78 is 0. The van der Waals surface area contributed by atoms with E-state index >= 15 is 0 Å². The Labute approximate surface area is 116 Å². The van der Waals surface area contributed by atoms with Crippen molar-refractivity contribution in [3.05, 3.63) is 71.3 Å². The molecule has 2 aromatic carbocycles. The molecule has 1 unspecified atom stereocenters. The van der Waals surface area contributed by atoms with Gasteiger partial charge in [-0.3, -0.25) is 0 Å². The largest absolute Gasteiger partial charge is 0.304 e. The first-order valence-electron chi connectivity index (χ1n) is 7.10. The van der Waals surface area contributed by atoms with Crippen LogP contribution in [0.4, 0.5) is 0 Å². The summed E-state index contributed by atoms with van der Waals surface area (Å²) in [5, 5.41) is 3.65. The zero-order valence-corrected chi connectivity index (χ0v) is 12.1. The molecule has 2 aromatic rings. The molecule has 0 saturated heterocycles. The number of benzene rings is 2. The molecule has 19 heavy (non-hydrogen) atoms. The molecule has 2 atom stereocenters. The molecule has 1 heteroatoms. The van der Waals surface area contributed by atoms with E-state index in [0.29, 0.717) is 12.1 Å². The van der Waals surface area contributed by atoms with Crippen molar-refractivity contribution < 1.29 is 0 Å². The Hall–Kier alpha value is -1.60. The van der Waals surface area contributed by atoms with Crippen LogP contribution in [0.1, 0.15) is 49.5 Å². The first-order chi connectivity index (χ1) is 9.20. The molecular weight excluding hydrogens is 230 g/mol. The van der Waals surface area contributed by atoms with Crippen molar-refractivity contribution in [2.75, 3.05) is 0 Å². The zero-order chi connectivity index (χ0) is 13.7. The average molecular weight is 253 g/mol. The fourth-order valence-electron chi connectivity index (χ4n) is 2.35. The van der Waals surface area contributed by atoms with Gasteiger partial charge in [-0.15, -0.1) is 0 Å². The molecule has 0 saturated carbocycles. The molecule has 0 bridgehead atoms.